The third-order valence-electron chi connectivity index (χ3n) is 4.22. The number of terminal acetylenes is 1. The molecule has 0 saturated heterocycles. The van der Waals surface area contributed by atoms with Crippen LogP contribution in [0, 0.1) is 47.2 Å². The Hall–Kier alpha value is -3.15. The van der Waals surface area contributed by atoms with E-state index in [2.05, 4.69) is 5.92 Å². The first-order valence-electron chi connectivity index (χ1n) is 7.95. The average molecular weight is 399 g/mol. The SMILES string of the molecule is C#CCCN1C(=O)[C@@H](C)Oc2cc(F)c(-c3c(F)c(F)c(F)c(F)c3F)cc21. The highest BCUT2D eigenvalue weighted by Gasteiger charge is 2.34. The van der Waals surface area contributed by atoms with Crippen LogP contribution in [0.2, 0.25) is 0 Å². The molecule has 2 aromatic rings. The molecule has 9 heteroatoms. The number of benzene rings is 2. The van der Waals surface area contributed by atoms with Crippen LogP contribution in [0.1, 0.15) is 13.3 Å². The van der Waals surface area contributed by atoms with Crippen LogP contribution in [-0.4, -0.2) is 18.6 Å². The van der Waals surface area contributed by atoms with Crippen molar-refractivity contribution in [3.05, 3.63) is 47.0 Å². The van der Waals surface area contributed by atoms with Crippen LogP contribution in [0.4, 0.5) is 32.0 Å². The number of halogens is 6. The zero-order valence-electron chi connectivity index (χ0n) is 14.3. The van der Waals surface area contributed by atoms with Gasteiger partial charge in [0.1, 0.15) is 11.6 Å². The molecule has 1 aliphatic heterocycles. The highest BCUT2D eigenvalue weighted by atomic mass is 19.2. The maximum Gasteiger partial charge on any atom is 0.267 e. The van der Waals surface area contributed by atoms with Gasteiger partial charge in [-0.1, -0.05) is 0 Å². The van der Waals surface area contributed by atoms with Crippen LogP contribution in [0.5, 0.6) is 5.75 Å². The molecule has 1 amide bonds. The Morgan fingerprint density at radius 3 is 2.18 bits per heavy atom. The summed E-state index contributed by atoms with van der Waals surface area (Å²) in [7, 11) is 0. The number of anilines is 1. The van der Waals surface area contributed by atoms with Gasteiger partial charge in [-0.25, -0.2) is 26.3 Å². The van der Waals surface area contributed by atoms with Crippen molar-refractivity contribution in [2.24, 2.45) is 0 Å². The molecule has 0 aliphatic carbocycles. The fourth-order valence-electron chi connectivity index (χ4n) is 2.87. The van der Waals surface area contributed by atoms with Crippen LogP contribution >= 0.6 is 0 Å². The summed E-state index contributed by atoms with van der Waals surface area (Å²) in [6.07, 6.45) is 4.30. The lowest BCUT2D eigenvalue weighted by atomic mass is 10.00. The van der Waals surface area contributed by atoms with E-state index in [4.69, 9.17) is 11.2 Å². The fourth-order valence-corrected chi connectivity index (χ4v) is 2.87. The van der Waals surface area contributed by atoms with Crippen molar-refractivity contribution in [2.75, 3.05) is 11.4 Å². The lowest BCUT2D eigenvalue weighted by molar-refractivity contribution is -0.125. The minimum absolute atomic E-state index is 0.0157. The summed E-state index contributed by atoms with van der Waals surface area (Å²) in [6.45, 7) is 1.39. The summed E-state index contributed by atoms with van der Waals surface area (Å²) in [4.78, 5) is 13.4. The van der Waals surface area contributed by atoms with Gasteiger partial charge in [0.2, 0.25) is 5.82 Å². The Morgan fingerprint density at radius 1 is 1.04 bits per heavy atom. The first-order valence-corrected chi connectivity index (χ1v) is 7.95. The van der Waals surface area contributed by atoms with Crippen molar-refractivity contribution in [3.8, 4) is 29.2 Å². The third kappa shape index (κ3) is 2.95. The quantitative estimate of drug-likeness (QED) is 0.333. The van der Waals surface area contributed by atoms with Crippen LogP contribution < -0.4 is 9.64 Å². The Bertz CT molecular complexity index is 1000. The highest BCUT2D eigenvalue weighted by molar-refractivity contribution is 6.00. The van der Waals surface area contributed by atoms with Crippen molar-refractivity contribution < 1.29 is 35.9 Å². The van der Waals surface area contributed by atoms with Crippen LogP contribution in [0.15, 0.2) is 12.1 Å². The van der Waals surface area contributed by atoms with E-state index in [1.165, 1.54) is 6.92 Å². The molecule has 0 N–H and O–H groups in total. The van der Waals surface area contributed by atoms with Gasteiger partial charge in [0, 0.05) is 24.6 Å². The molecule has 28 heavy (non-hydrogen) atoms. The number of amides is 1. The van der Waals surface area contributed by atoms with Crippen LogP contribution in [-0.2, 0) is 4.79 Å². The molecule has 146 valence electrons. The lowest BCUT2D eigenvalue weighted by Gasteiger charge is -2.33. The monoisotopic (exact) mass is 399 g/mol. The molecule has 3 rings (SSSR count). The number of carbonyl (C=O) groups is 1. The van der Waals surface area contributed by atoms with Crippen molar-refractivity contribution in [3.63, 3.8) is 0 Å². The van der Waals surface area contributed by atoms with Crippen molar-refractivity contribution in [2.45, 2.75) is 19.4 Å². The van der Waals surface area contributed by atoms with Gasteiger partial charge in [-0.15, -0.1) is 12.3 Å². The van der Waals surface area contributed by atoms with E-state index in [9.17, 15) is 31.1 Å². The maximum absolute atomic E-state index is 14.5. The van der Waals surface area contributed by atoms with E-state index in [0.29, 0.717) is 6.07 Å². The second-order valence-corrected chi connectivity index (χ2v) is 5.95. The van der Waals surface area contributed by atoms with Crippen molar-refractivity contribution in [1.29, 1.82) is 0 Å². The second kappa shape index (κ2) is 7.11. The highest BCUT2D eigenvalue weighted by Crippen LogP contribution is 2.41. The molecule has 2 aromatic carbocycles. The van der Waals surface area contributed by atoms with Gasteiger partial charge >= 0.3 is 0 Å². The zero-order chi connectivity index (χ0) is 20.7. The van der Waals surface area contributed by atoms with Gasteiger partial charge in [-0.05, 0) is 13.0 Å². The van der Waals surface area contributed by atoms with Gasteiger partial charge in [0.05, 0.1) is 11.3 Å². The lowest BCUT2D eigenvalue weighted by Crippen LogP contribution is -2.44. The number of hydrogen-bond donors (Lipinski definition) is 0. The molecule has 1 heterocycles. The first-order chi connectivity index (χ1) is 13.2. The molecule has 0 spiro atoms. The minimum atomic E-state index is -2.36. The largest absolute Gasteiger partial charge is 0.479 e. The molecule has 0 radical (unpaired) electrons. The summed E-state index contributed by atoms with van der Waals surface area (Å²) in [5.74, 6) is -10.8. The summed E-state index contributed by atoms with van der Waals surface area (Å²) in [5.41, 5.74) is -2.46. The number of fused-ring (bicyclic) bond motifs is 1. The Labute approximate surface area is 155 Å². The summed E-state index contributed by atoms with van der Waals surface area (Å²) < 4.78 is 88.3. The Balaban J connectivity index is 2.26. The molecular formula is C19H11F6NO2. The van der Waals surface area contributed by atoms with Gasteiger partial charge in [-0.2, -0.15) is 0 Å². The van der Waals surface area contributed by atoms with E-state index in [1.54, 1.807) is 0 Å². The summed E-state index contributed by atoms with van der Waals surface area (Å²) in [6, 6.07) is 1.51. The standard InChI is InChI=1S/C19H11F6NO2/c1-3-4-5-26-11-6-9(10(20)7-12(11)28-8(2)19(26)27)13-14(21)16(23)18(25)17(24)15(13)22/h1,6-8H,4-5H2,2H3/t8-/m1/s1. The van der Waals surface area contributed by atoms with Gasteiger partial charge in [0.25, 0.3) is 5.91 Å². The molecule has 0 saturated carbocycles. The number of hydrogen-bond acceptors (Lipinski definition) is 2. The number of nitrogens with zero attached hydrogens (tertiary/aromatic N) is 1. The molecule has 0 unspecified atom stereocenters. The number of ether oxygens (including phenoxy) is 1. The first kappa shape index (κ1) is 19.6. The zero-order valence-corrected chi connectivity index (χ0v) is 14.3. The van der Waals surface area contributed by atoms with Gasteiger partial charge in [0.15, 0.2) is 29.4 Å². The van der Waals surface area contributed by atoms with E-state index in [-0.39, 0.29) is 24.4 Å². The molecule has 3 nitrogen and oxygen atoms in total. The predicted octanol–water partition coefficient (Wildman–Crippen LogP) is 4.33. The Kier molecular flexibility index (Phi) is 4.98. The van der Waals surface area contributed by atoms with E-state index < -0.39 is 58.0 Å². The Morgan fingerprint density at radius 2 is 1.61 bits per heavy atom. The van der Waals surface area contributed by atoms with Crippen molar-refractivity contribution >= 4 is 11.6 Å². The molecular weight excluding hydrogens is 388 g/mol. The number of rotatable bonds is 3. The predicted molar refractivity (Wildman–Crippen MR) is 87.5 cm³/mol. The topological polar surface area (TPSA) is 29.5 Å². The molecule has 0 aromatic heterocycles. The maximum atomic E-state index is 14.5. The van der Waals surface area contributed by atoms with Crippen molar-refractivity contribution in [1.82, 2.24) is 0 Å². The molecule has 0 fully saturated rings. The van der Waals surface area contributed by atoms with Gasteiger partial charge in [-0.3, -0.25) is 4.79 Å². The normalized spacial score (nSPS) is 15.9. The summed E-state index contributed by atoms with van der Waals surface area (Å²) >= 11 is 0. The van der Waals surface area contributed by atoms with Crippen LogP contribution in [0.25, 0.3) is 11.1 Å². The minimum Gasteiger partial charge on any atom is -0.479 e. The fraction of sp³-hybridized carbons (Fsp3) is 0.211. The van der Waals surface area contributed by atoms with E-state index in [0.717, 1.165) is 11.0 Å². The molecule has 0 bridgehead atoms. The van der Waals surface area contributed by atoms with Gasteiger partial charge < -0.3 is 9.64 Å². The third-order valence-corrected chi connectivity index (χ3v) is 4.22. The average Bonchev–Trinajstić information content (AvgIpc) is 2.66. The second-order valence-electron chi connectivity index (χ2n) is 5.95. The smallest absolute Gasteiger partial charge is 0.267 e. The number of carbonyl (C=O) groups excluding carboxylic acids is 1. The van der Waals surface area contributed by atoms with E-state index in [1.807, 2.05) is 0 Å². The molecule has 1 atom stereocenters. The van der Waals surface area contributed by atoms with Crippen LogP contribution in [0.3, 0.4) is 0 Å². The van der Waals surface area contributed by atoms with E-state index >= 15 is 0 Å². The summed E-state index contributed by atoms with van der Waals surface area (Å²) in [5, 5.41) is 0. The molecule has 1 aliphatic rings.